The smallest absolute Gasteiger partial charge is 0.0546 e. The predicted molar refractivity (Wildman–Crippen MR) is 271 cm³/mol. The van der Waals surface area contributed by atoms with E-state index in [1.54, 1.807) is 0 Å². The molecule has 0 radical (unpaired) electrons. The molecule has 0 bridgehead atoms. The number of rotatable bonds is 9. The van der Waals surface area contributed by atoms with Crippen LogP contribution < -0.4 is 4.90 Å². The SMILES string of the molecule is CC1(C)c2ccccc2-c2c(-c3ccc(N(c4ccc(-c5cccc(-c6ccccc6)c5)cc4)c4cccc(-c5ccccc5)c4-c4ccccc4-c4ccccc4)cc3)cccc21. The summed E-state index contributed by atoms with van der Waals surface area (Å²) < 4.78 is 0. The maximum Gasteiger partial charge on any atom is 0.0546 e. The molecule has 0 fully saturated rings. The van der Waals surface area contributed by atoms with Gasteiger partial charge in [-0.2, -0.15) is 0 Å². The van der Waals surface area contributed by atoms with Gasteiger partial charge in [-0.3, -0.25) is 0 Å². The Balaban J connectivity index is 1.10. The van der Waals surface area contributed by atoms with Gasteiger partial charge in [0.2, 0.25) is 0 Å². The zero-order valence-electron chi connectivity index (χ0n) is 36.1. The van der Waals surface area contributed by atoms with E-state index in [2.05, 4.69) is 267 Å². The van der Waals surface area contributed by atoms with Gasteiger partial charge in [0.05, 0.1) is 5.69 Å². The van der Waals surface area contributed by atoms with Crippen molar-refractivity contribution in [3.05, 3.63) is 260 Å². The molecule has 0 aromatic heterocycles. The van der Waals surface area contributed by atoms with Gasteiger partial charge in [0.1, 0.15) is 0 Å². The molecule has 0 saturated heterocycles. The average Bonchev–Trinajstić information content (AvgIpc) is 3.61. The van der Waals surface area contributed by atoms with Gasteiger partial charge >= 0.3 is 0 Å². The normalized spacial score (nSPS) is 12.3. The summed E-state index contributed by atoms with van der Waals surface area (Å²) in [5.74, 6) is 0. The average molecular weight is 818 g/mol. The second-order valence-corrected chi connectivity index (χ2v) is 17.3. The Bertz CT molecular complexity index is 3260. The molecule has 0 amide bonds. The molecule has 1 aliphatic carbocycles. The fourth-order valence-electron chi connectivity index (χ4n) is 9.96. The van der Waals surface area contributed by atoms with Gasteiger partial charge in [-0.15, -0.1) is 0 Å². The third kappa shape index (κ3) is 6.93. The highest BCUT2D eigenvalue weighted by Crippen LogP contribution is 2.53. The molecule has 11 rings (SSSR count). The Hall–Kier alpha value is -8.00. The van der Waals surface area contributed by atoms with Crippen molar-refractivity contribution in [2.24, 2.45) is 0 Å². The molecule has 0 saturated carbocycles. The van der Waals surface area contributed by atoms with E-state index in [1.165, 1.54) is 89.0 Å². The fraction of sp³-hybridized carbons (Fsp3) is 0.0476. The van der Waals surface area contributed by atoms with Crippen LogP contribution in [-0.2, 0) is 5.41 Å². The lowest BCUT2D eigenvalue weighted by molar-refractivity contribution is 0.660. The Labute approximate surface area is 377 Å². The molecule has 0 aliphatic heterocycles. The zero-order valence-corrected chi connectivity index (χ0v) is 36.1. The van der Waals surface area contributed by atoms with Gasteiger partial charge in [0.15, 0.2) is 0 Å². The highest BCUT2D eigenvalue weighted by molar-refractivity contribution is 6.01. The molecule has 1 heteroatoms. The van der Waals surface area contributed by atoms with Crippen LogP contribution in [0.1, 0.15) is 25.0 Å². The van der Waals surface area contributed by atoms with Crippen LogP contribution in [0.3, 0.4) is 0 Å². The van der Waals surface area contributed by atoms with Crippen LogP contribution >= 0.6 is 0 Å². The first-order valence-electron chi connectivity index (χ1n) is 22.3. The molecule has 1 nitrogen and oxygen atoms in total. The van der Waals surface area contributed by atoms with E-state index in [-0.39, 0.29) is 5.41 Å². The van der Waals surface area contributed by atoms with Gasteiger partial charge in [0.25, 0.3) is 0 Å². The van der Waals surface area contributed by atoms with E-state index in [0.29, 0.717) is 0 Å². The van der Waals surface area contributed by atoms with Crippen LogP contribution in [0.4, 0.5) is 17.1 Å². The van der Waals surface area contributed by atoms with Crippen LogP contribution in [0.15, 0.2) is 249 Å². The molecule has 0 heterocycles. The lowest BCUT2D eigenvalue weighted by Crippen LogP contribution is -2.14. The summed E-state index contributed by atoms with van der Waals surface area (Å²) >= 11 is 0. The fourth-order valence-corrected chi connectivity index (χ4v) is 9.96. The van der Waals surface area contributed by atoms with Gasteiger partial charge in [-0.25, -0.2) is 0 Å². The van der Waals surface area contributed by atoms with Crippen LogP contribution in [0, 0.1) is 0 Å². The molecule has 0 spiro atoms. The molecular formula is C63H47N. The van der Waals surface area contributed by atoms with Gasteiger partial charge in [-0.1, -0.05) is 226 Å². The number of nitrogens with zero attached hydrogens (tertiary/aromatic N) is 1. The van der Waals surface area contributed by atoms with Crippen LogP contribution in [0.25, 0.3) is 77.9 Å². The predicted octanol–water partition coefficient (Wildman–Crippen LogP) is 17.5. The van der Waals surface area contributed by atoms with Crippen molar-refractivity contribution in [2.45, 2.75) is 19.3 Å². The minimum atomic E-state index is -0.0656. The zero-order chi connectivity index (χ0) is 43.0. The number of hydrogen-bond acceptors (Lipinski definition) is 1. The first-order valence-corrected chi connectivity index (χ1v) is 22.3. The highest BCUT2D eigenvalue weighted by Gasteiger charge is 2.36. The number of anilines is 3. The Kier molecular flexibility index (Phi) is 9.94. The third-order valence-corrected chi connectivity index (χ3v) is 13.1. The topological polar surface area (TPSA) is 3.24 Å². The highest BCUT2D eigenvalue weighted by atomic mass is 15.1. The molecule has 10 aromatic carbocycles. The van der Waals surface area contributed by atoms with Crippen molar-refractivity contribution < 1.29 is 0 Å². The molecule has 1 aliphatic rings. The van der Waals surface area contributed by atoms with Gasteiger partial charge in [0, 0.05) is 22.4 Å². The van der Waals surface area contributed by atoms with Gasteiger partial charge in [-0.05, 0) is 120 Å². The number of fused-ring (bicyclic) bond motifs is 3. The van der Waals surface area contributed by atoms with E-state index >= 15 is 0 Å². The largest absolute Gasteiger partial charge is 0.310 e. The van der Waals surface area contributed by atoms with Crippen molar-refractivity contribution in [3.8, 4) is 77.9 Å². The standard InChI is InChI=1S/C63H47N/c1-63(2)58-32-15-14-29-57(58)61-54(30-17-33-59(61)63)48-37-41-52(42-38-48)64(51-39-35-45(36-40-51)50-26-16-25-49(43-50)44-19-6-3-7-20-44)60-34-18-31-55(47-23-10-5-11-24-47)62(60)56-28-13-12-27-53(56)46-21-8-4-9-22-46/h3-43H,1-2H3. The maximum atomic E-state index is 2.45. The van der Waals surface area contributed by atoms with E-state index in [1.807, 2.05) is 0 Å². The summed E-state index contributed by atoms with van der Waals surface area (Å²) in [5.41, 5.74) is 23.0. The van der Waals surface area contributed by atoms with Crippen molar-refractivity contribution in [2.75, 3.05) is 4.90 Å². The second-order valence-electron chi connectivity index (χ2n) is 17.3. The summed E-state index contributed by atoms with van der Waals surface area (Å²) in [6, 6.07) is 90.8. The minimum Gasteiger partial charge on any atom is -0.310 e. The van der Waals surface area contributed by atoms with Crippen LogP contribution in [-0.4, -0.2) is 0 Å². The Morgan fingerprint density at radius 2 is 0.656 bits per heavy atom. The maximum absolute atomic E-state index is 2.45. The minimum absolute atomic E-state index is 0.0656. The summed E-state index contributed by atoms with van der Waals surface area (Å²) in [5, 5.41) is 0. The second kappa shape index (κ2) is 16.4. The van der Waals surface area contributed by atoms with Gasteiger partial charge < -0.3 is 4.90 Å². The first-order chi connectivity index (χ1) is 31.5. The van der Waals surface area contributed by atoms with Crippen molar-refractivity contribution in [3.63, 3.8) is 0 Å². The molecular weight excluding hydrogens is 771 g/mol. The first kappa shape index (κ1) is 38.9. The molecule has 0 unspecified atom stereocenters. The van der Waals surface area contributed by atoms with E-state index in [4.69, 9.17) is 0 Å². The lowest BCUT2D eigenvalue weighted by atomic mass is 9.82. The molecule has 64 heavy (non-hydrogen) atoms. The summed E-state index contributed by atoms with van der Waals surface area (Å²) in [7, 11) is 0. The summed E-state index contributed by atoms with van der Waals surface area (Å²) in [4.78, 5) is 2.45. The lowest BCUT2D eigenvalue weighted by Gasteiger charge is -2.30. The van der Waals surface area contributed by atoms with Crippen molar-refractivity contribution >= 4 is 17.1 Å². The summed E-state index contributed by atoms with van der Waals surface area (Å²) in [6.07, 6.45) is 0. The van der Waals surface area contributed by atoms with E-state index in [0.717, 1.165) is 17.1 Å². The van der Waals surface area contributed by atoms with Crippen LogP contribution in [0.5, 0.6) is 0 Å². The summed E-state index contributed by atoms with van der Waals surface area (Å²) in [6.45, 7) is 4.70. The van der Waals surface area contributed by atoms with Crippen molar-refractivity contribution in [1.82, 2.24) is 0 Å². The quantitative estimate of drug-likeness (QED) is 0.140. The number of hydrogen-bond donors (Lipinski definition) is 0. The third-order valence-electron chi connectivity index (χ3n) is 13.1. The molecule has 0 N–H and O–H groups in total. The van der Waals surface area contributed by atoms with Crippen molar-refractivity contribution in [1.29, 1.82) is 0 Å². The van der Waals surface area contributed by atoms with E-state index in [9.17, 15) is 0 Å². The van der Waals surface area contributed by atoms with E-state index < -0.39 is 0 Å². The number of benzene rings is 10. The Morgan fingerprint density at radius 1 is 0.266 bits per heavy atom. The molecule has 10 aromatic rings. The van der Waals surface area contributed by atoms with Crippen LogP contribution in [0.2, 0.25) is 0 Å². The monoisotopic (exact) mass is 817 g/mol. The Morgan fingerprint density at radius 3 is 1.28 bits per heavy atom. The molecule has 0 atom stereocenters. The molecule has 304 valence electrons.